The number of amides is 1. The molecule has 9 heteroatoms. The number of benzene rings is 1. The van der Waals surface area contributed by atoms with Crippen molar-refractivity contribution in [2.24, 2.45) is 0 Å². The third-order valence-corrected chi connectivity index (χ3v) is 5.42. The van der Waals surface area contributed by atoms with Gasteiger partial charge in [-0.05, 0) is 30.3 Å². The predicted octanol–water partition coefficient (Wildman–Crippen LogP) is 2.41. The van der Waals surface area contributed by atoms with Crippen LogP contribution in [-0.4, -0.2) is 44.4 Å². The minimum absolute atomic E-state index is 0.298. The lowest BCUT2D eigenvalue weighted by Gasteiger charge is -2.22. The summed E-state index contributed by atoms with van der Waals surface area (Å²) >= 11 is 7.42. The highest BCUT2D eigenvalue weighted by Gasteiger charge is 2.20. The Labute approximate surface area is 156 Å². The van der Waals surface area contributed by atoms with Crippen molar-refractivity contribution in [1.29, 1.82) is 0 Å². The number of rotatable bonds is 8. The Morgan fingerprint density at radius 2 is 2.08 bits per heavy atom. The molecule has 0 radical (unpaired) electrons. The summed E-state index contributed by atoms with van der Waals surface area (Å²) in [6.45, 7) is 0.112. The summed E-state index contributed by atoms with van der Waals surface area (Å²) in [4.78, 5) is 16.3. The number of thioether (sulfide) groups is 1. The van der Waals surface area contributed by atoms with E-state index in [0.717, 1.165) is 15.6 Å². The van der Waals surface area contributed by atoms with E-state index >= 15 is 0 Å². The van der Waals surface area contributed by atoms with E-state index in [4.69, 9.17) is 11.6 Å². The molecule has 0 saturated heterocycles. The van der Waals surface area contributed by atoms with Crippen molar-refractivity contribution in [2.75, 3.05) is 29.4 Å². The van der Waals surface area contributed by atoms with E-state index in [1.807, 2.05) is 18.2 Å². The Kier molecular flexibility index (Phi) is 7.10. The molecule has 25 heavy (non-hydrogen) atoms. The Morgan fingerprint density at radius 3 is 2.72 bits per heavy atom. The number of hydrogen-bond acceptors (Lipinski definition) is 5. The molecular formula is C16H18ClN3O3S2. The molecule has 0 aliphatic rings. The second kappa shape index (κ2) is 9.07. The Bertz CT molecular complexity index is 816. The largest absolute Gasteiger partial charge is 0.354 e. The van der Waals surface area contributed by atoms with Gasteiger partial charge < -0.3 is 5.32 Å². The fourth-order valence-electron chi connectivity index (χ4n) is 2.00. The maximum absolute atomic E-state index is 12.1. The second-order valence-electron chi connectivity index (χ2n) is 5.12. The van der Waals surface area contributed by atoms with Crippen LogP contribution >= 0.6 is 23.4 Å². The first kappa shape index (κ1) is 19.6. The van der Waals surface area contributed by atoms with Gasteiger partial charge in [-0.15, -0.1) is 11.8 Å². The SMILES string of the molecule is CS(=O)(=O)N(CC(=O)NCCSc1ccccn1)c1cccc(Cl)c1. The minimum Gasteiger partial charge on any atom is -0.354 e. The van der Waals surface area contributed by atoms with Crippen LogP contribution in [0.2, 0.25) is 5.02 Å². The number of halogens is 1. The van der Waals surface area contributed by atoms with Crippen LogP contribution in [0.4, 0.5) is 5.69 Å². The molecule has 6 nitrogen and oxygen atoms in total. The van der Waals surface area contributed by atoms with Gasteiger partial charge in [0, 0.05) is 23.5 Å². The molecule has 1 aromatic heterocycles. The average Bonchev–Trinajstić information content (AvgIpc) is 2.56. The van der Waals surface area contributed by atoms with Gasteiger partial charge in [0.05, 0.1) is 17.0 Å². The van der Waals surface area contributed by atoms with Crippen LogP contribution in [0.1, 0.15) is 0 Å². The van der Waals surface area contributed by atoms with E-state index in [1.54, 1.807) is 24.4 Å². The molecule has 134 valence electrons. The maximum Gasteiger partial charge on any atom is 0.240 e. The molecule has 0 bridgehead atoms. The number of pyridine rings is 1. The van der Waals surface area contributed by atoms with Gasteiger partial charge in [-0.25, -0.2) is 13.4 Å². The van der Waals surface area contributed by atoms with Gasteiger partial charge in [-0.1, -0.05) is 23.7 Å². The van der Waals surface area contributed by atoms with Crippen molar-refractivity contribution in [3.05, 3.63) is 53.7 Å². The molecule has 0 atom stereocenters. The first-order valence-corrected chi connectivity index (χ1v) is 10.6. The normalized spacial score (nSPS) is 11.1. The monoisotopic (exact) mass is 399 g/mol. The Hall–Kier alpha value is -1.77. The van der Waals surface area contributed by atoms with Crippen molar-refractivity contribution >= 4 is 45.0 Å². The van der Waals surface area contributed by atoms with Gasteiger partial charge in [0.15, 0.2) is 0 Å². The van der Waals surface area contributed by atoms with E-state index in [9.17, 15) is 13.2 Å². The van der Waals surface area contributed by atoms with Gasteiger partial charge in [-0.3, -0.25) is 9.10 Å². The van der Waals surface area contributed by atoms with Crippen LogP contribution in [0.15, 0.2) is 53.7 Å². The summed E-state index contributed by atoms with van der Waals surface area (Å²) in [7, 11) is -3.60. The third-order valence-electron chi connectivity index (χ3n) is 3.10. The van der Waals surface area contributed by atoms with Crippen LogP contribution in [0, 0.1) is 0 Å². The smallest absolute Gasteiger partial charge is 0.240 e. The molecule has 1 aromatic carbocycles. The van der Waals surface area contributed by atoms with Crippen molar-refractivity contribution < 1.29 is 13.2 Å². The highest BCUT2D eigenvalue weighted by Crippen LogP contribution is 2.21. The molecule has 2 rings (SSSR count). The number of nitrogens with one attached hydrogen (secondary N) is 1. The van der Waals surface area contributed by atoms with Crippen molar-refractivity contribution in [1.82, 2.24) is 10.3 Å². The zero-order chi connectivity index (χ0) is 18.3. The van der Waals surface area contributed by atoms with E-state index in [-0.39, 0.29) is 12.5 Å². The fourth-order valence-corrected chi connectivity index (χ4v) is 3.75. The summed E-state index contributed by atoms with van der Waals surface area (Å²) in [5.41, 5.74) is 0.355. The standard InChI is InChI=1S/C16H18ClN3O3S2/c1-25(22,23)20(14-6-4-5-13(17)11-14)12-15(21)18-9-10-24-16-7-2-3-8-19-16/h2-8,11H,9-10,12H2,1H3,(H,18,21). The van der Waals surface area contributed by atoms with Crippen LogP contribution in [0.5, 0.6) is 0 Å². The summed E-state index contributed by atoms with van der Waals surface area (Å²) in [5, 5.41) is 3.98. The zero-order valence-electron chi connectivity index (χ0n) is 13.6. The number of anilines is 1. The van der Waals surface area contributed by atoms with Crippen LogP contribution in [0.25, 0.3) is 0 Å². The average molecular weight is 400 g/mol. The quantitative estimate of drug-likeness (QED) is 0.544. The molecule has 1 amide bonds. The highest BCUT2D eigenvalue weighted by molar-refractivity contribution is 7.99. The predicted molar refractivity (Wildman–Crippen MR) is 102 cm³/mol. The number of aromatic nitrogens is 1. The van der Waals surface area contributed by atoms with Gasteiger partial charge in [0.25, 0.3) is 0 Å². The maximum atomic E-state index is 12.1. The Balaban J connectivity index is 1.89. The number of hydrogen-bond donors (Lipinski definition) is 1. The lowest BCUT2D eigenvalue weighted by molar-refractivity contribution is -0.119. The lowest BCUT2D eigenvalue weighted by Crippen LogP contribution is -2.41. The first-order valence-electron chi connectivity index (χ1n) is 7.40. The highest BCUT2D eigenvalue weighted by atomic mass is 35.5. The number of carbonyl (C=O) groups is 1. The molecule has 0 fully saturated rings. The summed E-state index contributed by atoms with van der Waals surface area (Å²) in [6, 6.07) is 12.0. The molecule has 1 heterocycles. The van der Waals surface area contributed by atoms with Gasteiger partial charge in [-0.2, -0.15) is 0 Å². The van der Waals surface area contributed by atoms with E-state index < -0.39 is 10.0 Å². The number of sulfonamides is 1. The summed E-state index contributed by atoms with van der Waals surface area (Å²) < 4.78 is 25.0. The van der Waals surface area contributed by atoms with Crippen LogP contribution in [0.3, 0.4) is 0 Å². The third kappa shape index (κ3) is 6.56. The van der Waals surface area contributed by atoms with Gasteiger partial charge in [0.1, 0.15) is 6.54 Å². The van der Waals surface area contributed by atoms with Crippen molar-refractivity contribution in [3.63, 3.8) is 0 Å². The first-order chi connectivity index (χ1) is 11.9. The molecule has 0 unspecified atom stereocenters. The van der Waals surface area contributed by atoms with E-state index in [0.29, 0.717) is 23.0 Å². The molecule has 0 aliphatic carbocycles. The molecular weight excluding hydrogens is 382 g/mol. The van der Waals surface area contributed by atoms with Crippen LogP contribution < -0.4 is 9.62 Å². The molecule has 0 saturated carbocycles. The fraction of sp³-hybridized carbons (Fsp3) is 0.250. The molecule has 2 aromatic rings. The topological polar surface area (TPSA) is 79.4 Å². The number of carbonyl (C=O) groups excluding carboxylic acids is 1. The lowest BCUT2D eigenvalue weighted by atomic mass is 10.3. The van der Waals surface area contributed by atoms with Gasteiger partial charge in [0.2, 0.25) is 15.9 Å². The second-order valence-corrected chi connectivity index (χ2v) is 8.57. The Morgan fingerprint density at radius 1 is 1.28 bits per heavy atom. The zero-order valence-corrected chi connectivity index (χ0v) is 15.9. The van der Waals surface area contributed by atoms with E-state index in [2.05, 4.69) is 10.3 Å². The summed E-state index contributed by atoms with van der Waals surface area (Å²) in [6.07, 6.45) is 2.76. The number of nitrogens with zero attached hydrogens (tertiary/aromatic N) is 2. The summed E-state index contributed by atoms with van der Waals surface area (Å²) in [5.74, 6) is 0.255. The van der Waals surface area contributed by atoms with Crippen molar-refractivity contribution in [2.45, 2.75) is 5.03 Å². The van der Waals surface area contributed by atoms with Gasteiger partial charge >= 0.3 is 0 Å². The minimum atomic E-state index is -3.60. The molecule has 0 spiro atoms. The molecule has 1 N–H and O–H groups in total. The van der Waals surface area contributed by atoms with Crippen molar-refractivity contribution in [3.8, 4) is 0 Å². The van der Waals surface area contributed by atoms with E-state index in [1.165, 1.54) is 17.8 Å². The van der Waals surface area contributed by atoms with Crippen LogP contribution in [-0.2, 0) is 14.8 Å². The molecule has 0 aliphatic heterocycles.